The second-order valence-corrected chi connectivity index (χ2v) is 2.69. The summed E-state index contributed by atoms with van der Waals surface area (Å²) in [5.41, 5.74) is 2.53. The molecule has 0 amide bonds. The monoisotopic (exact) mass is 162 g/mol. The average molecular weight is 162 g/mol. The average Bonchev–Trinajstić information content (AvgIpc) is 2.46. The van der Waals surface area contributed by atoms with E-state index in [1.807, 2.05) is 11.5 Å². The number of rotatable bonds is 1. The van der Waals surface area contributed by atoms with Gasteiger partial charge in [-0.1, -0.05) is 0 Å². The SMILES string of the molecule is CCn1cnc2ncc(C)nc21. The molecule has 4 heteroatoms. The van der Waals surface area contributed by atoms with Gasteiger partial charge in [0, 0.05) is 6.54 Å². The molecule has 4 nitrogen and oxygen atoms in total. The van der Waals surface area contributed by atoms with Gasteiger partial charge in [-0.05, 0) is 13.8 Å². The van der Waals surface area contributed by atoms with Crippen LogP contribution in [0, 0.1) is 6.92 Å². The number of nitrogens with zero attached hydrogens (tertiary/aromatic N) is 4. The van der Waals surface area contributed by atoms with Crippen molar-refractivity contribution in [2.75, 3.05) is 0 Å². The third kappa shape index (κ3) is 0.958. The van der Waals surface area contributed by atoms with Gasteiger partial charge >= 0.3 is 0 Å². The van der Waals surface area contributed by atoms with Gasteiger partial charge in [0.1, 0.15) is 0 Å². The topological polar surface area (TPSA) is 43.6 Å². The van der Waals surface area contributed by atoms with Crippen LogP contribution < -0.4 is 0 Å². The Morgan fingerprint density at radius 2 is 2.25 bits per heavy atom. The molecule has 0 unspecified atom stereocenters. The van der Waals surface area contributed by atoms with Crippen molar-refractivity contribution in [3.05, 3.63) is 18.2 Å². The van der Waals surface area contributed by atoms with E-state index in [2.05, 4.69) is 21.9 Å². The van der Waals surface area contributed by atoms with E-state index in [1.165, 1.54) is 0 Å². The minimum atomic E-state index is 0.724. The molecule has 0 saturated carbocycles. The third-order valence-corrected chi connectivity index (χ3v) is 1.79. The normalized spacial score (nSPS) is 10.8. The first-order valence-electron chi connectivity index (χ1n) is 3.95. The van der Waals surface area contributed by atoms with Crippen LogP contribution in [0.15, 0.2) is 12.5 Å². The smallest absolute Gasteiger partial charge is 0.197 e. The van der Waals surface area contributed by atoms with Crippen LogP contribution in [-0.4, -0.2) is 19.5 Å². The summed E-state index contributed by atoms with van der Waals surface area (Å²) in [6.45, 7) is 4.87. The highest BCUT2D eigenvalue weighted by molar-refractivity contribution is 5.65. The fourth-order valence-corrected chi connectivity index (χ4v) is 1.15. The minimum Gasteiger partial charge on any atom is -0.314 e. The second-order valence-electron chi connectivity index (χ2n) is 2.69. The number of fused-ring (bicyclic) bond motifs is 1. The van der Waals surface area contributed by atoms with Crippen molar-refractivity contribution in [3.63, 3.8) is 0 Å². The molecule has 2 aromatic heterocycles. The molecule has 2 aromatic rings. The maximum absolute atomic E-state index is 4.34. The molecule has 2 rings (SSSR count). The summed E-state index contributed by atoms with van der Waals surface area (Å²) in [7, 11) is 0. The Balaban J connectivity index is 2.75. The first-order chi connectivity index (χ1) is 5.81. The summed E-state index contributed by atoms with van der Waals surface area (Å²) in [6, 6.07) is 0. The van der Waals surface area contributed by atoms with Crippen molar-refractivity contribution in [1.29, 1.82) is 0 Å². The predicted molar refractivity (Wildman–Crippen MR) is 45.7 cm³/mol. The van der Waals surface area contributed by atoms with Crippen molar-refractivity contribution in [2.24, 2.45) is 0 Å². The van der Waals surface area contributed by atoms with Gasteiger partial charge in [-0.25, -0.2) is 15.0 Å². The molecule has 0 aliphatic carbocycles. The van der Waals surface area contributed by atoms with Gasteiger partial charge < -0.3 is 4.57 Å². The van der Waals surface area contributed by atoms with E-state index in [4.69, 9.17) is 0 Å². The van der Waals surface area contributed by atoms with Crippen LogP contribution >= 0.6 is 0 Å². The lowest BCUT2D eigenvalue weighted by atomic mass is 10.5. The quantitative estimate of drug-likeness (QED) is 0.631. The number of aryl methyl sites for hydroxylation is 2. The molecule has 2 heterocycles. The Morgan fingerprint density at radius 3 is 3.00 bits per heavy atom. The van der Waals surface area contributed by atoms with Crippen LogP contribution in [0.4, 0.5) is 0 Å². The lowest BCUT2D eigenvalue weighted by molar-refractivity contribution is 0.776. The molecule has 0 saturated heterocycles. The van der Waals surface area contributed by atoms with Gasteiger partial charge in [0.05, 0.1) is 18.2 Å². The van der Waals surface area contributed by atoms with E-state index in [0.717, 1.165) is 23.5 Å². The Hall–Kier alpha value is -1.45. The molecule has 62 valence electrons. The summed E-state index contributed by atoms with van der Waals surface area (Å²) >= 11 is 0. The molecule has 0 aliphatic rings. The van der Waals surface area contributed by atoms with Gasteiger partial charge in [-0.15, -0.1) is 0 Å². The van der Waals surface area contributed by atoms with E-state index in [-0.39, 0.29) is 0 Å². The molecular weight excluding hydrogens is 152 g/mol. The van der Waals surface area contributed by atoms with E-state index in [0.29, 0.717) is 0 Å². The van der Waals surface area contributed by atoms with E-state index in [9.17, 15) is 0 Å². The molecule has 0 aromatic carbocycles. The molecule has 0 atom stereocenters. The predicted octanol–water partition coefficient (Wildman–Crippen LogP) is 1.15. The van der Waals surface area contributed by atoms with Crippen LogP contribution in [0.1, 0.15) is 12.6 Å². The van der Waals surface area contributed by atoms with Crippen LogP contribution in [-0.2, 0) is 6.54 Å². The summed E-state index contributed by atoms with van der Waals surface area (Å²) in [5.74, 6) is 0. The van der Waals surface area contributed by atoms with Gasteiger partial charge in [-0.3, -0.25) is 0 Å². The molecule has 0 bridgehead atoms. The standard InChI is InChI=1S/C8H10N4/c1-3-12-5-10-7-8(12)11-6(2)4-9-7/h4-5H,3H2,1-2H3. The summed E-state index contributed by atoms with van der Waals surface area (Å²) in [5, 5.41) is 0. The molecule has 0 spiro atoms. The van der Waals surface area contributed by atoms with Gasteiger partial charge in [0.2, 0.25) is 0 Å². The molecule has 12 heavy (non-hydrogen) atoms. The highest BCUT2D eigenvalue weighted by Gasteiger charge is 2.02. The Labute approximate surface area is 70.3 Å². The van der Waals surface area contributed by atoms with Crippen LogP contribution in [0.3, 0.4) is 0 Å². The summed E-state index contributed by atoms with van der Waals surface area (Å²) < 4.78 is 1.98. The number of hydrogen-bond acceptors (Lipinski definition) is 3. The van der Waals surface area contributed by atoms with Crippen LogP contribution in [0.25, 0.3) is 11.3 Å². The molecular formula is C8H10N4. The van der Waals surface area contributed by atoms with E-state index >= 15 is 0 Å². The Kier molecular flexibility index (Phi) is 1.53. The molecule has 0 radical (unpaired) electrons. The zero-order valence-electron chi connectivity index (χ0n) is 7.15. The van der Waals surface area contributed by atoms with Crippen molar-refractivity contribution >= 4 is 11.3 Å². The van der Waals surface area contributed by atoms with Crippen molar-refractivity contribution < 1.29 is 0 Å². The van der Waals surface area contributed by atoms with E-state index < -0.39 is 0 Å². The summed E-state index contributed by atoms with van der Waals surface area (Å²) in [6.07, 6.45) is 3.50. The second kappa shape index (κ2) is 2.55. The first-order valence-corrected chi connectivity index (χ1v) is 3.95. The maximum atomic E-state index is 4.34. The molecule has 0 aliphatic heterocycles. The van der Waals surface area contributed by atoms with Crippen LogP contribution in [0.5, 0.6) is 0 Å². The molecule has 0 fully saturated rings. The Morgan fingerprint density at radius 1 is 1.42 bits per heavy atom. The van der Waals surface area contributed by atoms with E-state index in [1.54, 1.807) is 12.5 Å². The largest absolute Gasteiger partial charge is 0.314 e. The third-order valence-electron chi connectivity index (χ3n) is 1.79. The van der Waals surface area contributed by atoms with Crippen molar-refractivity contribution in [2.45, 2.75) is 20.4 Å². The highest BCUT2D eigenvalue weighted by Crippen LogP contribution is 2.06. The lowest BCUT2D eigenvalue weighted by Crippen LogP contribution is -1.95. The lowest BCUT2D eigenvalue weighted by Gasteiger charge is -1.96. The number of aromatic nitrogens is 4. The van der Waals surface area contributed by atoms with Gasteiger partial charge in [-0.2, -0.15) is 0 Å². The van der Waals surface area contributed by atoms with Crippen molar-refractivity contribution in [3.8, 4) is 0 Å². The maximum Gasteiger partial charge on any atom is 0.197 e. The van der Waals surface area contributed by atoms with Crippen molar-refractivity contribution in [1.82, 2.24) is 19.5 Å². The number of imidazole rings is 1. The minimum absolute atomic E-state index is 0.724. The van der Waals surface area contributed by atoms with Gasteiger partial charge in [0.15, 0.2) is 11.3 Å². The summed E-state index contributed by atoms with van der Waals surface area (Å²) in [4.78, 5) is 12.6. The number of hydrogen-bond donors (Lipinski definition) is 0. The zero-order valence-corrected chi connectivity index (χ0v) is 7.15. The Bertz CT molecular complexity index is 404. The zero-order chi connectivity index (χ0) is 8.55. The highest BCUT2D eigenvalue weighted by atomic mass is 15.1. The van der Waals surface area contributed by atoms with Crippen LogP contribution in [0.2, 0.25) is 0 Å². The van der Waals surface area contributed by atoms with Gasteiger partial charge in [0.25, 0.3) is 0 Å². The fourth-order valence-electron chi connectivity index (χ4n) is 1.15. The first kappa shape index (κ1) is 7.21. The fraction of sp³-hybridized carbons (Fsp3) is 0.375. The molecule has 0 N–H and O–H groups in total.